The van der Waals surface area contributed by atoms with Gasteiger partial charge in [0.2, 0.25) is 10.0 Å². The van der Waals surface area contributed by atoms with Crippen molar-refractivity contribution in [3.63, 3.8) is 0 Å². The van der Waals surface area contributed by atoms with Gasteiger partial charge in [-0.3, -0.25) is 4.31 Å². The predicted octanol–water partition coefficient (Wildman–Crippen LogP) is 1.56. The zero-order valence-electron chi connectivity index (χ0n) is 10.2. The van der Waals surface area contributed by atoms with Crippen LogP contribution in [0.1, 0.15) is 18.4 Å². The van der Waals surface area contributed by atoms with E-state index in [4.69, 9.17) is 4.74 Å². The minimum Gasteiger partial charge on any atom is -0.381 e. The summed E-state index contributed by atoms with van der Waals surface area (Å²) in [5.74, 6) is 0. The van der Waals surface area contributed by atoms with Crippen LogP contribution in [0.4, 0.5) is 5.69 Å². The largest absolute Gasteiger partial charge is 0.381 e. The van der Waals surface area contributed by atoms with Crippen molar-refractivity contribution in [3.8, 4) is 0 Å². The maximum atomic E-state index is 12.6. The highest BCUT2D eigenvalue weighted by Gasteiger charge is 2.36. The van der Waals surface area contributed by atoms with Crippen LogP contribution in [0.3, 0.4) is 0 Å². The lowest BCUT2D eigenvalue weighted by atomic mass is 10.2. The molecule has 2 aliphatic heterocycles. The van der Waals surface area contributed by atoms with Crippen LogP contribution in [-0.2, 0) is 21.2 Å². The van der Waals surface area contributed by atoms with Gasteiger partial charge >= 0.3 is 0 Å². The van der Waals surface area contributed by atoms with Crippen molar-refractivity contribution >= 4 is 15.7 Å². The molecule has 2 aliphatic rings. The molecule has 0 aromatic heterocycles. The topological polar surface area (TPSA) is 46.6 Å². The van der Waals surface area contributed by atoms with Crippen LogP contribution >= 0.6 is 0 Å². The first kappa shape index (κ1) is 12.0. The quantitative estimate of drug-likeness (QED) is 0.817. The lowest BCUT2D eigenvalue weighted by molar-refractivity contribution is 0.0983. The third-order valence-electron chi connectivity index (χ3n) is 3.74. The Morgan fingerprint density at radius 3 is 2.67 bits per heavy atom. The highest BCUT2D eigenvalue weighted by Crippen LogP contribution is 2.33. The molecule has 0 spiro atoms. The van der Waals surface area contributed by atoms with E-state index < -0.39 is 10.0 Å². The molecular weight excluding hydrogens is 250 g/mol. The molecule has 1 aromatic rings. The molecule has 98 valence electrons. The predicted molar refractivity (Wildman–Crippen MR) is 70.3 cm³/mol. The number of sulfonamides is 1. The van der Waals surface area contributed by atoms with E-state index in [2.05, 4.69) is 0 Å². The molecular formula is C13H17NO3S. The molecule has 2 heterocycles. The molecule has 3 rings (SSSR count). The number of hydrogen-bond donors (Lipinski definition) is 0. The Hall–Kier alpha value is -1.07. The molecule has 0 amide bonds. The van der Waals surface area contributed by atoms with E-state index in [1.165, 1.54) is 0 Å². The number of fused-ring (bicyclic) bond motifs is 1. The van der Waals surface area contributed by atoms with Crippen molar-refractivity contribution in [2.24, 2.45) is 0 Å². The second-order valence-corrected chi connectivity index (χ2v) is 6.94. The number of rotatable bonds is 2. The molecule has 0 bridgehead atoms. The summed E-state index contributed by atoms with van der Waals surface area (Å²) in [4.78, 5) is 0. The first-order valence-corrected chi connectivity index (χ1v) is 7.87. The Morgan fingerprint density at radius 1 is 1.17 bits per heavy atom. The van der Waals surface area contributed by atoms with Gasteiger partial charge in [0, 0.05) is 19.8 Å². The highest BCUT2D eigenvalue weighted by atomic mass is 32.2. The van der Waals surface area contributed by atoms with Crippen LogP contribution in [-0.4, -0.2) is 33.4 Å². The van der Waals surface area contributed by atoms with Crippen LogP contribution in [0.2, 0.25) is 0 Å². The molecule has 1 saturated heterocycles. The number of para-hydroxylation sites is 1. The van der Waals surface area contributed by atoms with Crippen LogP contribution in [0.15, 0.2) is 24.3 Å². The van der Waals surface area contributed by atoms with Gasteiger partial charge in [-0.25, -0.2) is 8.42 Å². The summed E-state index contributed by atoms with van der Waals surface area (Å²) in [5.41, 5.74) is 2.00. The van der Waals surface area contributed by atoms with Gasteiger partial charge in [0.1, 0.15) is 0 Å². The fraction of sp³-hybridized carbons (Fsp3) is 0.538. The van der Waals surface area contributed by atoms with Gasteiger partial charge in [0.05, 0.1) is 10.9 Å². The summed E-state index contributed by atoms with van der Waals surface area (Å²) >= 11 is 0. The second kappa shape index (κ2) is 4.55. The Morgan fingerprint density at radius 2 is 1.89 bits per heavy atom. The Bertz CT molecular complexity index is 535. The van der Waals surface area contributed by atoms with E-state index in [9.17, 15) is 8.42 Å². The Kier molecular flexibility index (Phi) is 3.03. The van der Waals surface area contributed by atoms with Crippen molar-refractivity contribution in [3.05, 3.63) is 29.8 Å². The average molecular weight is 267 g/mol. The first-order chi connectivity index (χ1) is 8.69. The zero-order valence-corrected chi connectivity index (χ0v) is 11.0. The van der Waals surface area contributed by atoms with Gasteiger partial charge in [0.25, 0.3) is 0 Å². The summed E-state index contributed by atoms with van der Waals surface area (Å²) < 4.78 is 32.1. The molecule has 1 aromatic carbocycles. The number of ether oxygens (including phenoxy) is 1. The smallest absolute Gasteiger partial charge is 0.238 e. The van der Waals surface area contributed by atoms with E-state index in [0.717, 1.165) is 17.7 Å². The molecule has 1 fully saturated rings. The Balaban J connectivity index is 1.91. The second-order valence-electron chi connectivity index (χ2n) is 4.81. The minimum absolute atomic E-state index is 0.280. The summed E-state index contributed by atoms with van der Waals surface area (Å²) in [6.07, 6.45) is 2.04. The van der Waals surface area contributed by atoms with E-state index in [0.29, 0.717) is 32.6 Å². The number of benzene rings is 1. The van der Waals surface area contributed by atoms with E-state index >= 15 is 0 Å². The van der Waals surface area contributed by atoms with E-state index in [1.807, 2.05) is 24.3 Å². The fourth-order valence-electron chi connectivity index (χ4n) is 2.73. The molecule has 0 radical (unpaired) electrons. The zero-order chi connectivity index (χ0) is 12.6. The summed E-state index contributed by atoms with van der Waals surface area (Å²) in [6, 6.07) is 7.77. The van der Waals surface area contributed by atoms with Crippen LogP contribution in [0.25, 0.3) is 0 Å². The van der Waals surface area contributed by atoms with Crippen molar-refractivity contribution in [1.82, 2.24) is 0 Å². The lowest BCUT2D eigenvalue weighted by Gasteiger charge is -2.28. The van der Waals surface area contributed by atoms with Crippen molar-refractivity contribution in [1.29, 1.82) is 0 Å². The van der Waals surface area contributed by atoms with Gasteiger partial charge < -0.3 is 4.74 Å². The normalized spacial score (nSPS) is 21.0. The standard InChI is InChI=1S/C13H17NO3S/c15-18(16,12-6-9-17-10-7-12)14-8-5-11-3-1-2-4-13(11)14/h1-4,12H,5-10H2. The van der Waals surface area contributed by atoms with Gasteiger partial charge in [-0.15, -0.1) is 0 Å². The molecule has 0 N–H and O–H groups in total. The number of anilines is 1. The minimum atomic E-state index is -3.22. The fourth-order valence-corrected chi connectivity index (χ4v) is 4.67. The third-order valence-corrected chi connectivity index (χ3v) is 6.05. The molecule has 5 heteroatoms. The van der Waals surface area contributed by atoms with Crippen molar-refractivity contribution in [2.45, 2.75) is 24.5 Å². The molecule has 0 atom stereocenters. The SMILES string of the molecule is O=S(=O)(C1CCOCC1)N1CCc2ccccc21. The maximum Gasteiger partial charge on any atom is 0.238 e. The molecule has 0 unspecified atom stereocenters. The van der Waals surface area contributed by atoms with Crippen LogP contribution in [0, 0.1) is 0 Å². The highest BCUT2D eigenvalue weighted by molar-refractivity contribution is 7.93. The average Bonchev–Trinajstić information content (AvgIpc) is 2.84. The van der Waals surface area contributed by atoms with Crippen LogP contribution in [0.5, 0.6) is 0 Å². The summed E-state index contributed by atoms with van der Waals surface area (Å²) in [7, 11) is -3.22. The van der Waals surface area contributed by atoms with E-state index in [1.54, 1.807) is 4.31 Å². The van der Waals surface area contributed by atoms with Crippen LogP contribution < -0.4 is 4.31 Å². The number of hydrogen-bond acceptors (Lipinski definition) is 3. The van der Waals surface area contributed by atoms with Crippen molar-refractivity contribution in [2.75, 3.05) is 24.1 Å². The van der Waals surface area contributed by atoms with Gasteiger partial charge in [-0.1, -0.05) is 18.2 Å². The lowest BCUT2D eigenvalue weighted by Crippen LogP contribution is -2.40. The summed E-state index contributed by atoms with van der Waals surface area (Å²) in [5, 5.41) is -0.280. The molecule has 0 saturated carbocycles. The van der Waals surface area contributed by atoms with Crippen molar-refractivity contribution < 1.29 is 13.2 Å². The monoisotopic (exact) mass is 267 g/mol. The van der Waals surface area contributed by atoms with Gasteiger partial charge in [-0.2, -0.15) is 0 Å². The molecule has 0 aliphatic carbocycles. The third kappa shape index (κ3) is 1.91. The van der Waals surface area contributed by atoms with Gasteiger partial charge in [0.15, 0.2) is 0 Å². The first-order valence-electron chi connectivity index (χ1n) is 6.37. The van der Waals surface area contributed by atoms with Gasteiger partial charge in [-0.05, 0) is 30.9 Å². The number of nitrogens with zero attached hydrogens (tertiary/aromatic N) is 1. The Labute approximate surface area is 108 Å². The molecule has 18 heavy (non-hydrogen) atoms. The molecule has 4 nitrogen and oxygen atoms in total. The van der Waals surface area contributed by atoms with E-state index in [-0.39, 0.29) is 5.25 Å². The maximum absolute atomic E-state index is 12.6. The summed E-state index contributed by atoms with van der Waals surface area (Å²) in [6.45, 7) is 1.69.